The lowest BCUT2D eigenvalue weighted by molar-refractivity contribution is 0.100. The summed E-state index contributed by atoms with van der Waals surface area (Å²) >= 11 is 4.33. The molecule has 0 saturated carbocycles. The molecular weight excluding hydrogens is 352 g/mol. The number of hydrogen-bond acceptors (Lipinski definition) is 4. The maximum Gasteiger partial charge on any atom is 0.262 e. The summed E-state index contributed by atoms with van der Waals surface area (Å²) in [6, 6.07) is 7.65. The summed E-state index contributed by atoms with van der Waals surface area (Å²) in [5.74, 6) is -0.672. The zero-order valence-corrected chi connectivity index (χ0v) is 12.7. The van der Waals surface area contributed by atoms with E-state index in [4.69, 9.17) is 5.73 Å². The number of halogens is 1. The van der Waals surface area contributed by atoms with Gasteiger partial charge in [-0.25, -0.2) is 8.42 Å². The average Bonchev–Trinajstić information content (AvgIpc) is 2.77. The number of hydrogen-bond donors (Lipinski definition) is 2. The molecule has 1 amide bonds. The minimum Gasteiger partial charge on any atom is -0.366 e. The lowest BCUT2D eigenvalue weighted by Crippen LogP contribution is -2.16. The second-order valence-electron chi connectivity index (χ2n) is 3.59. The molecule has 1 aromatic carbocycles. The van der Waals surface area contributed by atoms with Gasteiger partial charge >= 0.3 is 0 Å². The van der Waals surface area contributed by atoms with Gasteiger partial charge in [-0.3, -0.25) is 9.52 Å². The number of primary amides is 1. The van der Waals surface area contributed by atoms with Crippen molar-refractivity contribution in [2.24, 2.45) is 5.73 Å². The minimum absolute atomic E-state index is 0.111. The van der Waals surface area contributed by atoms with E-state index in [1.807, 2.05) is 0 Å². The number of nitrogens with two attached hydrogens (primary N) is 1. The number of thiophene rings is 1. The molecular formula is C11H9BrN2O3S2. The molecule has 0 spiro atoms. The predicted molar refractivity (Wildman–Crippen MR) is 77.8 cm³/mol. The standard InChI is InChI=1S/C11H9BrN2O3S2/c12-7-1-3-8(4-2-7)19(16,17)14-11-9(10(13)15)5-6-18-11/h1-6,14H,(H2,13,15). The molecule has 5 nitrogen and oxygen atoms in total. The van der Waals surface area contributed by atoms with Crippen LogP contribution in [0.15, 0.2) is 45.1 Å². The summed E-state index contributed by atoms with van der Waals surface area (Å²) in [6.07, 6.45) is 0. The molecule has 0 aliphatic heterocycles. The molecule has 3 N–H and O–H groups in total. The molecule has 0 fully saturated rings. The van der Waals surface area contributed by atoms with Crippen LogP contribution in [0.3, 0.4) is 0 Å². The Labute approximate surface area is 122 Å². The smallest absolute Gasteiger partial charge is 0.262 e. The van der Waals surface area contributed by atoms with Crippen molar-refractivity contribution in [2.75, 3.05) is 4.72 Å². The van der Waals surface area contributed by atoms with Crippen LogP contribution >= 0.6 is 27.3 Å². The van der Waals surface area contributed by atoms with Gasteiger partial charge in [0.2, 0.25) is 0 Å². The van der Waals surface area contributed by atoms with Crippen molar-refractivity contribution in [1.29, 1.82) is 0 Å². The molecule has 2 rings (SSSR count). The topological polar surface area (TPSA) is 89.3 Å². The predicted octanol–water partition coefficient (Wildman–Crippen LogP) is 2.41. The first-order chi connectivity index (χ1) is 8.90. The molecule has 1 aromatic heterocycles. The van der Waals surface area contributed by atoms with Gasteiger partial charge < -0.3 is 5.73 Å². The molecule has 0 bridgehead atoms. The Bertz CT molecular complexity index is 708. The quantitative estimate of drug-likeness (QED) is 0.876. The fraction of sp³-hybridized carbons (Fsp3) is 0. The molecule has 8 heteroatoms. The third kappa shape index (κ3) is 3.14. The molecule has 19 heavy (non-hydrogen) atoms. The van der Waals surface area contributed by atoms with Crippen molar-refractivity contribution in [3.8, 4) is 0 Å². The van der Waals surface area contributed by atoms with Crippen LogP contribution in [-0.2, 0) is 10.0 Å². The second kappa shape index (κ2) is 5.32. The van der Waals surface area contributed by atoms with Gasteiger partial charge in [-0.15, -0.1) is 11.3 Å². The Balaban J connectivity index is 2.34. The first kappa shape index (κ1) is 14.0. The highest BCUT2D eigenvalue weighted by Gasteiger charge is 2.18. The van der Waals surface area contributed by atoms with Gasteiger partial charge in [0.25, 0.3) is 15.9 Å². The minimum atomic E-state index is -3.72. The summed E-state index contributed by atoms with van der Waals surface area (Å²) in [4.78, 5) is 11.2. The van der Waals surface area contributed by atoms with Crippen LogP contribution in [0.4, 0.5) is 5.00 Å². The van der Waals surface area contributed by atoms with Crippen molar-refractivity contribution in [3.05, 3.63) is 45.7 Å². The first-order valence-electron chi connectivity index (χ1n) is 5.06. The number of carbonyl (C=O) groups is 1. The van der Waals surface area contributed by atoms with Gasteiger partial charge in [-0.2, -0.15) is 0 Å². The number of carbonyl (C=O) groups excluding carboxylic acids is 1. The second-order valence-corrected chi connectivity index (χ2v) is 7.10. The zero-order valence-electron chi connectivity index (χ0n) is 9.46. The molecule has 0 atom stereocenters. The SMILES string of the molecule is NC(=O)c1ccsc1NS(=O)(=O)c1ccc(Br)cc1. The Morgan fingerprint density at radius 1 is 1.21 bits per heavy atom. The molecule has 0 aliphatic carbocycles. The number of anilines is 1. The van der Waals surface area contributed by atoms with Crippen LogP contribution in [0.25, 0.3) is 0 Å². The Morgan fingerprint density at radius 3 is 2.42 bits per heavy atom. The fourth-order valence-corrected chi connectivity index (χ4v) is 3.77. The van der Waals surface area contributed by atoms with Crippen molar-refractivity contribution in [1.82, 2.24) is 0 Å². The molecule has 100 valence electrons. The highest BCUT2D eigenvalue weighted by Crippen LogP contribution is 2.26. The van der Waals surface area contributed by atoms with E-state index in [0.717, 1.165) is 15.8 Å². The summed E-state index contributed by atoms with van der Waals surface area (Å²) in [5, 5.41) is 1.81. The van der Waals surface area contributed by atoms with E-state index < -0.39 is 15.9 Å². The number of nitrogens with one attached hydrogen (secondary N) is 1. The van der Waals surface area contributed by atoms with E-state index >= 15 is 0 Å². The Morgan fingerprint density at radius 2 is 1.84 bits per heavy atom. The highest BCUT2D eigenvalue weighted by atomic mass is 79.9. The largest absolute Gasteiger partial charge is 0.366 e. The van der Waals surface area contributed by atoms with E-state index in [1.165, 1.54) is 18.2 Å². The van der Waals surface area contributed by atoms with E-state index in [2.05, 4.69) is 20.7 Å². The molecule has 1 heterocycles. The van der Waals surface area contributed by atoms with Gasteiger partial charge in [0, 0.05) is 4.47 Å². The monoisotopic (exact) mass is 360 g/mol. The highest BCUT2D eigenvalue weighted by molar-refractivity contribution is 9.10. The van der Waals surface area contributed by atoms with Crippen LogP contribution in [0.5, 0.6) is 0 Å². The number of amides is 1. The van der Waals surface area contributed by atoms with Crippen LogP contribution in [0, 0.1) is 0 Å². The van der Waals surface area contributed by atoms with Crippen LogP contribution in [-0.4, -0.2) is 14.3 Å². The first-order valence-corrected chi connectivity index (χ1v) is 8.21. The lowest BCUT2D eigenvalue weighted by atomic mass is 10.3. The van der Waals surface area contributed by atoms with Crippen molar-refractivity contribution in [2.45, 2.75) is 4.90 Å². The fourth-order valence-electron chi connectivity index (χ4n) is 1.38. The summed E-state index contributed by atoms with van der Waals surface area (Å²) in [6.45, 7) is 0. The van der Waals surface area contributed by atoms with Crippen LogP contribution in [0.1, 0.15) is 10.4 Å². The molecule has 2 aromatic rings. The zero-order chi connectivity index (χ0) is 14.0. The van der Waals surface area contributed by atoms with Crippen molar-refractivity contribution < 1.29 is 13.2 Å². The number of sulfonamides is 1. The molecule has 0 unspecified atom stereocenters. The van der Waals surface area contributed by atoms with Crippen molar-refractivity contribution >= 4 is 48.2 Å². The third-order valence-electron chi connectivity index (χ3n) is 2.28. The van der Waals surface area contributed by atoms with Gasteiger partial charge in [0.05, 0.1) is 10.5 Å². The summed E-state index contributed by atoms with van der Waals surface area (Å²) in [7, 11) is -3.72. The summed E-state index contributed by atoms with van der Waals surface area (Å²) < 4.78 is 27.4. The normalized spacial score (nSPS) is 11.2. The van der Waals surface area contributed by atoms with Crippen LogP contribution < -0.4 is 10.5 Å². The van der Waals surface area contributed by atoms with E-state index in [0.29, 0.717) is 0 Å². The Hall–Kier alpha value is -1.38. The average molecular weight is 361 g/mol. The van der Waals surface area contributed by atoms with Gasteiger partial charge in [-0.1, -0.05) is 15.9 Å². The third-order valence-corrected chi connectivity index (χ3v) is 5.14. The molecule has 0 aliphatic rings. The van der Waals surface area contributed by atoms with Crippen molar-refractivity contribution in [3.63, 3.8) is 0 Å². The van der Waals surface area contributed by atoms with Gasteiger partial charge in [0.15, 0.2) is 0 Å². The van der Waals surface area contributed by atoms with E-state index in [9.17, 15) is 13.2 Å². The van der Waals surface area contributed by atoms with Gasteiger partial charge in [0.1, 0.15) is 5.00 Å². The number of benzene rings is 1. The number of rotatable bonds is 4. The maximum absolute atomic E-state index is 12.1. The van der Waals surface area contributed by atoms with E-state index in [-0.39, 0.29) is 15.5 Å². The van der Waals surface area contributed by atoms with Crippen LogP contribution in [0.2, 0.25) is 0 Å². The summed E-state index contributed by atoms with van der Waals surface area (Å²) in [5.41, 5.74) is 5.32. The molecule has 0 radical (unpaired) electrons. The Kier molecular flexibility index (Phi) is 3.93. The van der Waals surface area contributed by atoms with E-state index in [1.54, 1.807) is 17.5 Å². The van der Waals surface area contributed by atoms with Gasteiger partial charge in [-0.05, 0) is 35.7 Å². The lowest BCUT2D eigenvalue weighted by Gasteiger charge is -2.07. The molecule has 0 saturated heterocycles. The maximum atomic E-state index is 12.1.